The lowest BCUT2D eigenvalue weighted by atomic mass is 10.1. The third-order valence-corrected chi connectivity index (χ3v) is 4.65. The van der Waals surface area contributed by atoms with Gasteiger partial charge in [0, 0.05) is 17.1 Å². The predicted octanol–water partition coefficient (Wildman–Crippen LogP) is 4.21. The Labute approximate surface area is 156 Å². The van der Waals surface area contributed by atoms with E-state index in [0.29, 0.717) is 36.2 Å². The molecule has 1 amide bonds. The number of morpholine rings is 1. The Morgan fingerprint density at radius 2 is 1.88 bits per heavy atom. The van der Waals surface area contributed by atoms with Gasteiger partial charge in [-0.2, -0.15) is 0 Å². The van der Waals surface area contributed by atoms with Crippen molar-refractivity contribution in [1.29, 1.82) is 0 Å². The summed E-state index contributed by atoms with van der Waals surface area (Å²) < 4.78 is 11.3. The number of rotatable bonds is 3. The zero-order valence-electron chi connectivity index (χ0n) is 14.0. The Balaban J connectivity index is 1.55. The van der Waals surface area contributed by atoms with E-state index in [2.05, 4.69) is 4.98 Å². The highest BCUT2D eigenvalue weighted by Crippen LogP contribution is 2.27. The highest BCUT2D eigenvalue weighted by molar-refractivity contribution is 6.30. The summed E-state index contributed by atoms with van der Waals surface area (Å²) >= 11 is 5.95. The van der Waals surface area contributed by atoms with Gasteiger partial charge in [-0.25, -0.2) is 4.98 Å². The van der Waals surface area contributed by atoms with Gasteiger partial charge < -0.3 is 14.1 Å². The van der Waals surface area contributed by atoms with E-state index in [1.807, 2.05) is 54.6 Å². The van der Waals surface area contributed by atoms with E-state index >= 15 is 0 Å². The van der Waals surface area contributed by atoms with Crippen molar-refractivity contribution in [3.63, 3.8) is 0 Å². The van der Waals surface area contributed by atoms with Crippen molar-refractivity contribution in [3.05, 3.63) is 77.3 Å². The first-order valence-corrected chi connectivity index (χ1v) is 8.75. The average Bonchev–Trinajstić information content (AvgIpc) is 3.18. The molecule has 3 aromatic rings. The Morgan fingerprint density at radius 1 is 1.12 bits per heavy atom. The SMILES string of the molecule is O=C(c1ncoc1-c1ccccc1)N1CCO[C@H](c2ccc(Cl)cc2)C1. The van der Waals surface area contributed by atoms with E-state index in [9.17, 15) is 4.79 Å². The molecule has 4 rings (SSSR count). The van der Waals surface area contributed by atoms with Crippen molar-refractivity contribution >= 4 is 17.5 Å². The van der Waals surface area contributed by atoms with Crippen LogP contribution in [0.5, 0.6) is 0 Å². The highest BCUT2D eigenvalue weighted by Gasteiger charge is 2.29. The van der Waals surface area contributed by atoms with Crippen LogP contribution in [-0.2, 0) is 4.74 Å². The smallest absolute Gasteiger partial charge is 0.276 e. The molecule has 1 atom stereocenters. The maximum absolute atomic E-state index is 13.0. The van der Waals surface area contributed by atoms with E-state index in [4.69, 9.17) is 20.8 Å². The van der Waals surface area contributed by atoms with Gasteiger partial charge in [0.05, 0.1) is 13.2 Å². The number of ether oxygens (including phenoxy) is 1. The molecule has 0 radical (unpaired) electrons. The first-order valence-electron chi connectivity index (χ1n) is 8.37. The normalized spacial score (nSPS) is 17.3. The van der Waals surface area contributed by atoms with Crippen LogP contribution < -0.4 is 0 Å². The van der Waals surface area contributed by atoms with Gasteiger partial charge >= 0.3 is 0 Å². The Kier molecular flexibility index (Phi) is 4.73. The Hall–Kier alpha value is -2.63. The molecule has 26 heavy (non-hydrogen) atoms. The molecular formula is C20H17ClN2O3. The molecular weight excluding hydrogens is 352 g/mol. The molecule has 1 fully saturated rings. The van der Waals surface area contributed by atoms with Gasteiger partial charge in [-0.05, 0) is 17.7 Å². The van der Waals surface area contributed by atoms with Crippen LogP contribution in [0.4, 0.5) is 0 Å². The molecule has 2 heterocycles. The third-order valence-electron chi connectivity index (χ3n) is 4.40. The third kappa shape index (κ3) is 3.36. The molecule has 1 aliphatic heterocycles. The highest BCUT2D eigenvalue weighted by atomic mass is 35.5. The van der Waals surface area contributed by atoms with E-state index in [-0.39, 0.29) is 12.0 Å². The van der Waals surface area contributed by atoms with Gasteiger partial charge in [-0.15, -0.1) is 0 Å². The number of aromatic nitrogens is 1. The summed E-state index contributed by atoms with van der Waals surface area (Å²) in [6, 6.07) is 17.0. The van der Waals surface area contributed by atoms with E-state index < -0.39 is 0 Å². The topological polar surface area (TPSA) is 55.6 Å². The fraction of sp³-hybridized carbons (Fsp3) is 0.200. The lowest BCUT2D eigenvalue weighted by Gasteiger charge is -2.33. The van der Waals surface area contributed by atoms with Crippen molar-refractivity contribution < 1.29 is 13.9 Å². The van der Waals surface area contributed by atoms with Crippen molar-refractivity contribution in [2.24, 2.45) is 0 Å². The molecule has 1 aliphatic rings. The minimum absolute atomic E-state index is 0.153. The van der Waals surface area contributed by atoms with Crippen LogP contribution in [0.1, 0.15) is 22.2 Å². The van der Waals surface area contributed by atoms with Crippen LogP contribution in [0, 0.1) is 0 Å². The number of hydrogen-bond acceptors (Lipinski definition) is 4. The molecule has 1 saturated heterocycles. The average molecular weight is 369 g/mol. The van der Waals surface area contributed by atoms with Gasteiger partial charge in [0.15, 0.2) is 17.8 Å². The standard InChI is InChI=1S/C20H17ClN2O3/c21-16-8-6-14(7-9-16)17-12-23(10-11-25-17)20(24)18-19(26-13-22-18)15-4-2-1-3-5-15/h1-9,13,17H,10-12H2/t17-/m0/s1. The van der Waals surface area contributed by atoms with Gasteiger partial charge in [0.2, 0.25) is 0 Å². The van der Waals surface area contributed by atoms with Crippen LogP contribution in [-0.4, -0.2) is 35.5 Å². The quantitative estimate of drug-likeness (QED) is 0.695. The fourth-order valence-electron chi connectivity index (χ4n) is 3.06. The lowest BCUT2D eigenvalue weighted by Crippen LogP contribution is -2.42. The van der Waals surface area contributed by atoms with Crippen molar-refractivity contribution in [2.45, 2.75) is 6.10 Å². The van der Waals surface area contributed by atoms with Crippen molar-refractivity contribution in [1.82, 2.24) is 9.88 Å². The molecule has 0 unspecified atom stereocenters. The van der Waals surface area contributed by atoms with Gasteiger partial charge in [-0.1, -0.05) is 54.1 Å². The molecule has 0 saturated carbocycles. The summed E-state index contributed by atoms with van der Waals surface area (Å²) in [5, 5.41) is 0.674. The molecule has 5 nitrogen and oxygen atoms in total. The maximum Gasteiger partial charge on any atom is 0.276 e. The number of hydrogen-bond donors (Lipinski definition) is 0. The van der Waals surface area contributed by atoms with Crippen LogP contribution >= 0.6 is 11.6 Å². The summed E-state index contributed by atoms with van der Waals surface area (Å²) in [6.07, 6.45) is 1.13. The van der Waals surface area contributed by atoms with Crippen molar-refractivity contribution in [2.75, 3.05) is 19.7 Å². The summed E-state index contributed by atoms with van der Waals surface area (Å²) in [6.45, 7) is 1.45. The van der Waals surface area contributed by atoms with Crippen LogP contribution in [0.15, 0.2) is 65.4 Å². The molecule has 0 spiro atoms. The zero-order chi connectivity index (χ0) is 17.9. The van der Waals surface area contributed by atoms with Crippen LogP contribution in [0.3, 0.4) is 0 Å². The minimum atomic E-state index is -0.183. The predicted molar refractivity (Wildman–Crippen MR) is 98.0 cm³/mol. The Bertz CT molecular complexity index is 893. The molecule has 6 heteroatoms. The van der Waals surface area contributed by atoms with E-state index in [1.165, 1.54) is 6.39 Å². The summed E-state index contributed by atoms with van der Waals surface area (Å²) in [7, 11) is 0. The zero-order valence-corrected chi connectivity index (χ0v) is 14.7. The molecule has 0 N–H and O–H groups in total. The molecule has 0 bridgehead atoms. The number of carbonyl (C=O) groups excluding carboxylic acids is 1. The summed E-state index contributed by atoms with van der Waals surface area (Å²) in [5.74, 6) is 0.338. The number of halogens is 1. The number of carbonyl (C=O) groups is 1. The molecule has 0 aliphatic carbocycles. The van der Waals surface area contributed by atoms with Crippen LogP contribution in [0.2, 0.25) is 5.02 Å². The summed E-state index contributed by atoms with van der Waals surface area (Å²) in [4.78, 5) is 18.9. The number of benzene rings is 2. The lowest BCUT2D eigenvalue weighted by molar-refractivity contribution is -0.0229. The Morgan fingerprint density at radius 3 is 2.65 bits per heavy atom. The first-order chi connectivity index (χ1) is 12.7. The van der Waals surface area contributed by atoms with Crippen molar-refractivity contribution in [3.8, 4) is 11.3 Å². The molecule has 2 aromatic carbocycles. The monoisotopic (exact) mass is 368 g/mol. The second kappa shape index (κ2) is 7.32. The van der Waals surface area contributed by atoms with Crippen LogP contribution in [0.25, 0.3) is 11.3 Å². The summed E-state index contributed by atoms with van der Waals surface area (Å²) in [5.41, 5.74) is 2.15. The minimum Gasteiger partial charge on any atom is -0.443 e. The first kappa shape index (κ1) is 16.8. The molecule has 132 valence electrons. The second-order valence-electron chi connectivity index (χ2n) is 6.06. The van der Waals surface area contributed by atoms with Gasteiger partial charge in [-0.3, -0.25) is 4.79 Å². The second-order valence-corrected chi connectivity index (χ2v) is 6.49. The van der Waals surface area contributed by atoms with Gasteiger partial charge in [0.1, 0.15) is 6.10 Å². The molecule has 1 aromatic heterocycles. The number of nitrogens with zero attached hydrogens (tertiary/aromatic N) is 2. The number of amides is 1. The fourth-order valence-corrected chi connectivity index (χ4v) is 3.18. The number of oxazole rings is 1. The maximum atomic E-state index is 13.0. The van der Waals surface area contributed by atoms with Gasteiger partial charge in [0.25, 0.3) is 5.91 Å². The largest absolute Gasteiger partial charge is 0.443 e. The van der Waals surface area contributed by atoms with E-state index in [1.54, 1.807) is 4.90 Å². The van der Waals surface area contributed by atoms with E-state index in [0.717, 1.165) is 11.1 Å².